The monoisotopic (exact) mass is 672 g/mol. The molecule has 0 aromatic heterocycles. The van der Waals surface area contributed by atoms with E-state index in [0.717, 1.165) is 40.5 Å². The van der Waals surface area contributed by atoms with E-state index in [0.29, 0.717) is 6.42 Å². The summed E-state index contributed by atoms with van der Waals surface area (Å²) >= 11 is 0. The molecule has 1 aromatic rings. The molecule has 5 nitrogen and oxygen atoms in total. The molecule has 43 heavy (non-hydrogen) atoms. The maximum atomic E-state index is 12.9. The van der Waals surface area contributed by atoms with Crippen molar-refractivity contribution in [2.24, 2.45) is 29.1 Å². The summed E-state index contributed by atoms with van der Waals surface area (Å²) in [5.41, 5.74) is 2.33. The third-order valence-electron chi connectivity index (χ3n) is 9.08. The Balaban J connectivity index is 0.000000261. The lowest BCUT2D eigenvalue weighted by molar-refractivity contribution is -0.382. The molecule has 16 heteroatoms. The summed E-state index contributed by atoms with van der Waals surface area (Å²) in [5.74, 6) is -10.7. The highest BCUT2D eigenvalue weighted by molar-refractivity contribution is 7.95. The van der Waals surface area contributed by atoms with Gasteiger partial charge < -0.3 is 9.29 Å². The fourth-order valence-electron chi connectivity index (χ4n) is 6.84. The Labute approximate surface area is 247 Å². The number of hydrogen-bond acceptors (Lipinski definition) is 5. The lowest BCUT2D eigenvalue weighted by Gasteiger charge is -2.60. The number of rotatable bonds is 7. The molecule has 4 fully saturated rings. The normalized spacial score (nSPS) is 27.6. The van der Waals surface area contributed by atoms with Gasteiger partial charge in [-0.15, -0.1) is 0 Å². The van der Waals surface area contributed by atoms with E-state index in [4.69, 9.17) is 4.74 Å². The van der Waals surface area contributed by atoms with Gasteiger partial charge in [-0.05, 0) is 98.3 Å². The molecule has 1 aromatic carbocycles. The first-order chi connectivity index (χ1) is 19.3. The lowest BCUT2D eigenvalue weighted by atomic mass is 9.45. The second kappa shape index (κ2) is 11.6. The van der Waals surface area contributed by atoms with Gasteiger partial charge >= 0.3 is 29.2 Å². The predicted octanol–water partition coefficient (Wildman–Crippen LogP) is 7.26. The zero-order chi connectivity index (χ0) is 33.1. The molecule has 0 atom stereocenters. The van der Waals surface area contributed by atoms with Gasteiger partial charge in [-0.1, -0.05) is 6.92 Å². The van der Waals surface area contributed by atoms with Gasteiger partial charge in [0.1, 0.15) is 18.3 Å². The zero-order valence-electron chi connectivity index (χ0n) is 24.0. The van der Waals surface area contributed by atoms with Crippen molar-refractivity contribution in [1.29, 1.82) is 0 Å². The predicted molar refractivity (Wildman–Crippen MR) is 139 cm³/mol. The smallest absolute Gasteiger partial charge is 0.460 e. The quantitative estimate of drug-likeness (QED) is 0.100. The van der Waals surface area contributed by atoms with Crippen LogP contribution in [0.15, 0.2) is 17.0 Å². The van der Waals surface area contributed by atoms with E-state index in [-0.39, 0.29) is 22.3 Å². The number of hydrogen-bond donors (Lipinski definition) is 0. The summed E-state index contributed by atoms with van der Waals surface area (Å²) in [4.78, 5) is 14.3. The third-order valence-corrected chi connectivity index (χ3v) is 11.1. The number of aryl methyl sites for hydroxylation is 2. The van der Waals surface area contributed by atoms with E-state index in [2.05, 4.69) is 45.4 Å². The van der Waals surface area contributed by atoms with Crippen molar-refractivity contribution in [3.05, 3.63) is 23.3 Å². The Bertz CT molecular complexity index is 1280. The summed E-state index contributed by atoms with van der Waals surface area (Å²) in [6, 6.07) is 4.37. The van der Waals surface area contributed by atoms with E-state index in [9.17, 15) is 57.3 Å². The molecule has 4 aliphatic rings. The van der Waals surface area contributed by atoms with E-state index in [1.807, 2.05) is 0 Å². The molecular weight excluding hydrogens is 639 g/mol. The molecule has 0 N–H and O–H groups in total. The van der Waals surface area contributed by atoms with Gasteiger partial charge in [-0.3, -0.25) is 4.79 Å². The SMILES string of the molecule is Cc1cc([S+](C)C)cc(C)c1OC(=O)CC1(C)C2CC3CC(C2)CC1C3.O=S(=O)([O-])C(F)(F)C(F)(F)C(F)(F)C(F)(F)F. The van der Waals surface area contributed by atoms with Gasteiger partial charge in [0, 0.05) is 10.9 Å². The van der Waals surface area contributed by atoms with Crippen molar-refractivity contribution in [1.82, 2.24) is 0 Å². The topological polar surface area (TPSA) is 83.5 Å². The first-order valence-electron chi connectivity index (χ1n) is 13.3. The molecule has 0 radical (unpaired) electrons. The Morgan fingerprint density at radius 2 is 1.30 bits per heavy atom. The van der Waals surface area contributed by atoms with Crippen LogP contribution in [0.2, 0.25) is 0 Å². The maximum Gasteiger partial charge on any atom is 0.460 e. The molecule has 4 aliphatic carbocycles. The summed E-state index contributed by atoms with van der Waals surface area (Å²) in [6.07, 6.45) is 4.73. The molecule has 0 heterocycles. The van der Waals surface area contributed by atoms with Crippen LogP contribution in [0.25, 0.3) is 0 Å². The number of halogens is 9. The Morgan fingerprint density at radius 3 is 1.65 bits per heavy atom. The van der Waals surface area contributed by atoms with Gasteiger partial charge in [0.2, 0.25) is 0 Å². The van der Waals surface area contributed by atoms with Crippen LogP contribution in [0.5, 0.6) is 5.75 Å². The zero-order valence-corrected chi connectivity index (χ0v) is 25.6. The van der Waals surface area contributed by atoms with Crippen LogP contribution >= 0.6 is 0 Å². The number of benzene rings is 1. The molecule has 5 rings (SSSR count). The van der Waals surface area contributed by atoms with Gasteiger partial charge in [0.05, 0.1) is 6.42 Å². The van der Waals surface area contributed by atoms with Crippen LogP contribution in [0.1, 0.15) is 56.6 Å². The second-order valence-corrected chi connectivity index (χ2v) is 15.8. The van der Waals surface area contributed by atoms with Crippen molar-refractivity contribution in [2.75, 3.05) is 12.5 Å². The first kappa shape index (κ1) is 35.8. The van der Waals surface area contributed by atoms with E-state index in [1.54, 1.807) is 0 Å². The number of alkyl halides is 9. The highest BCUT2D eigenvalue weighted by Crippen LogP contribution is 2.63. The number of carbonyl (C=O) groups is 1. The van der Waals surface area contributed by atoms with Crippen LogP contribution in [0, 0.1) is 42.9 Å². The minimum Gasteiger partial charge on any atom is -0.743 e. The summed E-state index contributed by atoms with van der Waals surface area (Å²) < 4.78 is 141. The van der Waals surface area contributed by atoms with Crippen molar-refractivity contribution in [2.45, 2.75) is 87.5 Å². The minimum atomic E-state index is -7.43. The van der Waals surface area contributed by atoms with Crippen LogP contribution in [0.3, 0.4) is 0 Å². The van der Waals surface area contributed by atoms with Gasteiger partial charge in [0.25, 0.3) is 0 Å². The molecule has 0 saturated heterocycles. The third kappa shape index (κ3) is 6.52. The molecule has 246 valence electrons. The van der Waals surface area contributed by atoms with E-state index < -0.39 is 33.4 Å². The number of esters is 1. The first-order valence-corrected chi connectivity index (χ1v) is 16.8. The van der Waals surface area contributed by atoms with Crippen LogP contribution in [0.4, 0.5) is 39.5 Å². The fourth-order valence-corrected chi connectivity index (χ4v) is 8.10. The summed E-state index contributed by atoms with van der Waals surface area (Å²) in [7, 11) is -7.19. The summed E-state index contributed by atoms with van der Waals surface area (Å²) in [6.45, 7) is 6.51. The average Bonchev–Trinajstić information content (AvgIpc) is 2.83. The molecule has 0 spiro atoms. The molecule has 4 saturated carbocycles. The highest BCUT2D eigenvalue weighted by Gasteiger charge is 2.83. The number of carbonyl (C=O) groups excluding carboxylic acids is 1. The largest absolute Gasteiger partial charge is 0.743 e. The van der Waals surface area contributed by atoms with Crippen molar-refractivity contribution >= 4 is 27.0 Å². The molecular formula is C27H33F9O5S2. The van der Waals surface area contributed by atoms with Crippen LogP contribution in [-0.2, 0) is 25.8 Å². The molecule has 0 aliphatic heterocycles. The average molecular weight is 673 g/mol. The van der Waals surface area contributed by atoms with Crippen molar-refractivity contribution < 1.29 is 62.0 Å². The van der Waals surface area contributed by atoms with Crippen molar-refractivity contribution in [3.63, 3.8) is 0 Å². The van der Waals surface area contributed by atoms with Crippen LogP contribution < -0.4 is 4.74 Å². The van der Waals surface area contributed by atoms with Gasteiger partial charge in [-0.2, -0.15) is 39.5 Å². The van der Waals surface area contributed by atoms with Gasteiger partial charge in [-0.25, -0.2) is 8.42 Å². The molecule has 0 unspecified atom stereocenters. The fraction of sp³-hybridized carbons (Fsp3) is 0.741. The van der Waals surface area contributed by atoms with E-state index in [1.165, 1.54) is 37.0 Å². The van der Waals surface area contributed by atoms with E-state index >= 15 is 0 Å². The molecule has 4 bridgehead atoms. The Morgan fingerprint density at radius 1 is 0.884 bits per heavy atom. The maximum absolute atomic E-state index is 12.9. The van der Waals surface area contributed by atoms with Crippen LogP contribution in [-0.4, -0.2) is 54.7 Å². The second-order valence-electron chi connectivity index (χ2n) is 12.3. The minimum absolute atomic E-state index is 0.0223. The molecule has 0 amide bonds. The summed E-state index contributed by atoms with van der Waals surface area (Å²) in [5, 5.41) is -7.11. The Kier molecular flexibility index (Phi) is 9.65. The lowest BCUT2D eigenvalue weighted by Crippen LogP contribution is -2.63. The standard InChI is InChI=1S/C23H33O2S.C4HF9O3S/c1-14-6-20(26(4)5)7-15(2)22(14)25-21(24)13-23(3)18-9-16-8-17(11-18)12-19(23)10-16;5-1(6,3(9,10)11)2(7,8)4(12,13)17(14,15)16/h6-7,16-19H,8-13H2,1-5H3;(H,14,15,16)/q+1;/p-1. The van der Waals surface area contributed by atoms with Gasteiger partial charge in [0.15, 0.2) is 15.0 Å². The number of ether oxygens (including phenoxy) is 1. The Hall–Kier alpha value is -1.68. The van der Waals surface area contributed by atoms with Crippen molar-refractivity contribution in [3.8, 4) is 5.75 Å². The highest BCUT2D eigenvalue weighted by atomic mass is 32.2.